The van der Waals surface area contributed by atoms with Gasteiger partial charge >= 0.3 is 0 Å². The molecule has 4 rings (SSSR count). The summed E-state index contributed by atoms with van der Waals surface area (Å²) >= 11 is 5.25. The van der Waals surface area contributed by atoms with Crippen molar-refractivity contribution in [2.24, 2.45) is 10.2 Å². The molecule has 0 bridgehead atoms. The SMILES string of the molecule is O=C(NCCc1cnc[nH]1)c1ccccc1N=NC(=S)NNc1ccccc1C(=O)NCCc1cnc[nH]1. The van der Waals surface area contributed by atoms with Crippen LogP contribution in [-0.4, -0.2) is 50.0 Å². The van der Waals surface area contributed by atoms with E-state index in [0.29, 0.717) is 48.4 Å². The van der Waals surface area contributed by atoms with Gasteiger partial charge in [0, 0.05) is 49.7 Å². The first kappa shape index (κ1) is 26.2. The lowest BCUT2D eigenvalue weighted by molar-refractivity contribution is 0.0946. The van der Waals surface area contributed by atoms with Crippen LogP contribution >= 0.6 is 12.2 Å². The van der Waals surface area contributed by atoms with E-state index in [9.17, 15) is 9.59 Å². The molecule has 2 amide bonds. The number of aromatic amines is 2. The molecule has 0 radical (unpaired) electrons. The van der Waals surface area contributed by atoms with Gasteiger partial charge in [-0.25, -0.2) is 9.97 Å². The molecule has 0 saturated carbocycles. The van der Waals surface area contributed by atoms with Crippen molar-refractivity contribution in [3.05, 3.63) is 96.1 Å². The number of nitrogens with zero attached hydrogens (tertiary/aromatic N) is 4. The van der Waals surface area contributed by atoms with E-state index in [1.807, 2.05) is 0 Å². The first-order valence-electron chi connectivity index (χ1n) is 11.8. The molecule has 4 aromatic rings. The highest BCUT2D eigenvalue weighted by Gasteiger charge is 2.12. The first-order valence-corrected chi connectivity index (χ1v) is 12.2. The third-order valence-electron chi connectivity index (χ3n) is 5.34. The molecular weight excluding hydrogens is 504 g/mol. The number of H-pyrrole nitrogens is 2. The fraction of sp³-hybridized carbons (Fsp3) is 0.160. The zero-order chi connectivity index (χ0) is 26.6. The maximum Gasteiger partial charge on any atom is 0.253 e. The second-order valence-electron chi connectivity index (χ2n) is 7.98. The van der Waals surface area contributed by atoms with Crippen molar-refractivity contribution < 1.29 is 9.59 Å². The highest BCUT2D eigenvalue weighted by Crippen LogP contribution is 2.19. The molecular formula is C25H26N10O2S. The van der Waals surface area contributed by atoms with Crippen LogP contribution < -0.4 is 21.5 Å². The molecule has 0 spiro atoms. The maximum absolute atomic E-state index is 12.7. The average molecular weight is 531 g/mol. The zero-order valence-corrected chi connectivity index (χ0v) is 21.1. The molecule has 38 heavy (non-hydrogen) atoms. The highest BCUT2D eigenvalue weighted by atomic mass is 32.1. The number of anilines is 1. The van der Waals surface area contributed by atoms with E-state index in [1.165, 1.54) is 0 Å². The van der Waals surface area contributed by atoms with E-state index in [1.54, 1.807) is 73.6 Å². The number of nitrogens with one attached hydrogen (secondary N) is 6. The van der Waals surface area contributed by atoms with E-state index in [-0.39, 0.29) is 16.9 Å². The summed E-state index contributed by atoms with van der Waals surface area (Å²) in [7, 11) is 0. The first-order chi connectivity index (χ1) is 18.6. The Morgan fingerprint density at radius 3 is 2.03 bits per heavy atom. The van der Waals surface area contributed by atoms with E-state index in [2.05, 4.69) is 51.6 Å². The summed E-state index contributed by atoms with van der Waals surface area (Å²) in [5.74, 6) is -0.516. The van der Waals surface area contributed by atoms with Gasteiger partial charge < -0.3 is 20.6 Å². The van der Waals surface area contributed by atoms with Gasteiger partial charge in [-0.15, -0.1) is 10.2 Å². The number of carbonyl (C=O) groups excluding carboxylic acids is 2. The van der Waals surface area contributed by atoms with Gasteiger partial charge in [0.15, 0.2) is 0 Å². The minimum atomic E-state index is -0.275. The average Bonchev–Trinajstić information content (AvgIpc) is 3.66. The summed E-state index contributed by atoms with van der Waals surface area (Å²) in [6, 6.07) is 13.8. The minimum absolute atomic E-state index is 0.0221. The molecule has 0 aliphatic carbocycles. The van der Waals surface area contributed by atoms with Gasteiger partial charge in [0.1, 0.15) is 0 Å². The predicted molar refractivity (Wildman–Crippen MR) is 146 cm³/mol. The number of para-hydroxylation sites is 1. The summed E-state index contributed by atoms with van der Waals surface area (Å²) in [4.78, 5) is 39.2. The topological polar surface area (TPSA) is 164 Å². The fourth-order valence-electron chi connectivity index (χ4n) is 3.44. The van der Waals surface area contributed by atoms with Crippen LogP contribution in [-0.2, 0) is 12.8 Å². The molecule has 13 heteroatoms. The number of benzene rings is 2. The molecule has 0 saturated heterocycles. The Morgan fingerprint density at radius 2 is 1.39 bits per heavy atom. The Morgan fingerprint density at radius 1 is 0.816 bits per heavy atom. The number of amides is 2. The Balaban J connectivity index is 1.29. The minimum Gasteiger partial charge on any atom is -0.352 e. The second-order valence-corrected chi connectivity index (χ2v) is 8.37. The molecule has 0 atom stereocenters. The Bertz CT molecular complexity index is 1390. The van der Waals surface area contributed by atoms with Crippen molar-refractivity contribution in [1.82, 2.24) is 36.0 Å². The van der Waals surface area contributed by atoms with E-state index >= 15 is 0 Å². The molecule has 2 aromatic carbocycles. The third-order valence-corrected chi connectivity index (χ3v) is 5.53. The number of hydrazine groups is 1. The molecule has 6 N–H and O–H groups in total. The Hall–Kier alpha value is -4.91. The zero-order valence-electron chi connectivity index (χ0n) is 20.3. The van der Waals surface area contributed by atoms with Crippen molar-refractivity contribution in [3.8, 4) is 0 Å². The van der Waals surface area contributed by atoms with Crippen molar-refractivity contribution in [3.63, 3.8) is 0 Å². The predicted octanol–water partition coefficient (Wildman–Crippen LogP) is 3.06. The van der Waals surface area contributed by atoms with Gasteiger partial charge in [-0.2, -0.15) is 0 Å². The molecule has 2 heterocycles. The van der Waals surface area contributed by atoms with Crippen molar-refractivity contribution in [1.29, 1.82) is 0 Å². The molecule has 194 valence electrons. The lowest BCUT2D eigenvalue weighted by Gasteiger charge is -2.12. The number of azo groups is 1. The number of thiocarbonyl (C=S) groups is 1. The number of carbonyl (C=O) groups is 2. The largest absolute Gasteiger partial charge is 0.352 e. The summed E-state index contributed by atoms with van der Waals surface area (Å²) in [5.41, 5.74) is 9.21. The van der Waals surface area contributed by atoms with Gasteiger partial charge in [-0.1, -0.05) is 24.3 Å². The van der Waals surface area contributed by atoms with Crippen LogP contribution in [0.4, 0.5) is 11.4 Å². The molecule has 0 aliphatic heterocycles. The van der Waals surface area contributed by atoms with Crippen LogP contribution in [0.15, 0.2) is 83.8 Å². The summed E-state index contributed by atoms with van der Waals surface area (Å²) in [6.07, 6.45) is 7.88. The Labute approximate surface area is 223 Å². The highest BCUT2D eigenvalue weighted by molar-refractivity contribution is 7.80. The number of imidazole rings is 2. The number of hydrogen-bond acceptors (Lipinski definition) is 7. The van der Waals surface area contributed by atoms with Crippen molar-refractivity contribution in [2.75, 3.05) is 18.5 Å². The van der Waals surface area contributed by atoms with E-state index in [0.717, 1.165) is 11.4 Å². The van der Waals surface area contributed by atoms with Gasteiger partial charge in [0.05, 0.1) is 35.2 Å². The number of hydrogen-bond donors (Lipinski definition) is 6. The lowest BCUT2D eigenvalue weighted by Crippen LogP contribution is -2.30. The van der Waals surface area contributed by atoms with Crippen LogP contribution in [0.25, 0.3) is 0 Å². The molecule has 0 fully saturated rings. The normalized spacial score (nSPS) is 10.7. The van der Waals surface area contributed by atoms with Gasteiger partial charge in [0.2, 0.25) is 5.11 Å². The summed E-state index contributed by atoms with van der Waals surface area (Å²) in [5, 5.41) is 13.9. The second kappa shape index (κ2) is 13.4. The monoisotopic (exact) mass is 530 g/mol. The maximum atomic E-state index is 12.7. The lowest BCUT2D eigenvalue weighted by atomic mass is 10.1. The molecule has 0 aliphatic rings. The van der Waals surface area contributed by atoms with Crippen molar-refractivity contribution >= 4 is 40.5 Å². The van der Waals surface area contributed by atoms with Crippen LogP contribution in [0, 0.1) is 0 Å². The standard InChI is InChI=1S/C25H26N10O2S/c36-23(28-11-9-17-13-26-15-30-17)19-5-1-3-7-21(19)32-34-25(38)35-33-22-8-4-2-6-20(22)24(37)29-12-10-18-14-27-16-31-18/h1-8,13-16,32H,9-12H2,(H,26,30)(H,27,31)(H,28,36)(H,29,37)(H,34,38). The Kier molecular flexibility index (Phi) is 9.23. The van der Waals surface area contributed by atoms with Gasteiger partial charge in [-0.05, 0) is 36.5 Å². The summed E-state index contributed by atoms with van der Waals surface area (Å²) < 4.78 is 0. The van der Waals surface area contributed by atoms with Crippen LogP contribution in [0.2, 0.25) is 0 Å². The van der Waals surface area contributed by atoms with Crippen LogP contribution in [0.1, 0.15) is 32.1 Å². The van der Waals surface area contributed by atoms with Gasteiger partial charge in [0.25, 0.3) is 11.8 Å². The van der Waals surface area contributed by atoms with Crippen LogP contribution in [0.3, 0.4) is 0 Å². The van der Waals surface area contributed by atoms with E-state index < -0.39 is 0 Å². The summed E-state index contributed by atoms with van der Waals surface area (Å²) in [6.45, 7) is 0.887. The number of aromatic nitrogens is 4. The molecule has 12 nitrogen and oxygen atoms in total. The molecule has 2 aromatic heterocycles. The molecule has 0 unspecified atom stereocenters. The smallest absolute Gasteiger partial charge is 0.253 e. The van der Waals surface area contributed by atoms with Crippen LogP contribution in [0.5, 0.6) is 0 Å². The quantitative estimate of drug-likeness (QED) is 0.0985. The number of rotatable bonds is 11. The van der Waals surface area contributed by atoms with Gasteiger partial charge in [-0.3, -0.25) is 20.4 Å². The van der Waals surface area contributed by atoms with E-state index in [4.69, 9.17) is 12.2 Å². The van der Waals surface area contributed by atoms with Crippen molar-refractivity contribution in [2.45, 2.75) is 12.8 Å². The third kappa shape index (κ3) is 7.54. The fourth-order valence-corrected chi connectivity index (χ4v) is 3.53.